The molecule has 0 radical (unpaired) electrons. The average Bonchev–Trinajstić information content (AvgIpc) is 3.10. The van der Waals surface area contributed by atoms with Crippen LogP contribution in [0.4, 0.5) is 0 Å². The zero-order valence-corrected chi connectivity index (χ0v) is 13.8. The first kappa shape index (κ1) is 16.7. The third-order valence-corrected chi connectivity index (χ3v) is 4.99. The molecule has 1 N–H and O–H groups in total. The topological polar surface area (TPSA) is 73.6 Å². The van der Waals surface area contributed by atoms with E-state index in [2.05, 4.69) is 24.3 Å². The Labute approximate surface area is 142 Å². The van der Waals surface area contributed by atoms with Gasteiger partial charge >= 0.3 is 0 Å². The zero-order chi connectivity index (χ0) is 17.1. The molecular weight excluding hydrogens is 304 g/mol. The average molecular weight is 326 g/mol. The quantitative estimate of drug-likeness (QED) is 0.899. The monoisotopic (exact) mass is 326 g/mol. The van der Waals surface area contributed by atoms with Gasteiger partial charge in [-0.2, -0.15) is 5.26 Å². The maximum atomic E-state index is 12.1. The van der Waals surface area contributed by atoms with Gasteiger partial charge in [0, 0.05) is 13.0 Å². The maximum absolute atomic E-state index is 12.1. The highest BCUT2D eigenvalue weighted by Crippen LogP contribution is 2.41. The molecule has 0 saturated carbocycles. The van der Waals surface area contributed by atoms with Crippen LogP contribution in [0, 0.1) is 11.3 Å². The van der Waals surface area contributed by atoms with Gasteiger partial charge in [0.25, 0.3) is 0 Å². The molecule has 2 aliphatic rings. The molecule has 5 heteroatoms. The molecule has 0 unspecified atom stereocenters. The molecule has 3 rings (SSSR count). The van der Waals surface area contributed by atoms with Crippen molar-refractivity contribution >= 4 is 11.5 Å². The van der Waals surface area contributed by atoms with Gasteiger partial charge < -0.3 is 14.7 Å². The summed E-state index contributed by atoms with van der Waals surface area (Å²) >= 11 is 0. The molecule has 0 spiro atoms. The van der Waals surface area contributed by atoms with E-state index < -0.39 is 6.04 Å². The Balaban J connectivity index is 1.80. The van der Waals surface area contributed by atoms with Crippen molar-refractivity contribution in [3.63, 3.8) is 0 Å². The first-order valence-corrected chi connectivity index (χ1v) is 8.31. The molecule has 0 bridgehead atoms. The van der Waals surface area contributed by atoms with Gasteiger partial charge in [-0.15, -0.1) is 0 Å². The number of benzene rings is 1. The van der Waals surface area contributed by atoms with E-state index in [1.807, 2.05) is 12.1 Å². The number of methoxy groups -OCH3 is 1. The van der Waals surface area contributed by atoms with Crippen LogP contribution < -0.4 is 0 Å². The summed E-state index contributed by atoms with van der Waals surface area (Å²) in [4.78, 5) is 13.5. The van der Waals surface area contributed by atoms with Gasteiger partial charge in [-0.25, -0.2) is 0 Å². The second-order valence-electron chi connectivity index (χ2n) is 6.33. The van der Waals surface area contributed by atoms with E-state index in [0.29, 0.717) is 0 Å². The zero-order valence-electron chi connectivity index (χ0n) is 13.8. The van der Waals surface area contributed by atoms with E-state index in [9.17, 15) is 15.2 Å². The van der Waals surface area contributed by atoms with Crippen LogP contribution in [0.25, 0.3) is 5.57 Å². The van der Waals surface area contributed by atoms with Crippen molar-refractivity contribution in [2.45, 2.75) is 37.3 Å². The lowest BCUT2D eigenvalue weighted by molar-refractivity contribution is -0.150. The van der Waals surface area contributed by atoms with Crippen molar-refractivity contribution in [3.05, 3.63) is 41.5 Å². The van der Waals surface area contributed by atoms with E-state index in [-0.39, 0.29) is 31.1 Å². The second-order valence-corrected chi connectivity index (χ2v) is 6.33. The van der Waals surface area contributed by atoms with Crippen molar-refractivity contribution in [3.8, 4) is 6.07 Å². The van der Waals surface area contributed by atoms with Crippen LogP contribution in [-0.4, -0.2) is 48.3 Å². The number of rotatable bonds is 5. The third kappa shape index (κ3) is 2.83. The molecule has 1 aliphatic carbocycles. The number of nitriles is 1. The van der Waals surface area contributed by atoms with Crippen LogP contribution in [0.15, 0.2) is 30.3 Å². The number of nitrogens with zero attached hydrogens (tertiary/aromatic N) is 2. The highest BCUT2D eigenvalue weighted by atomic mass is 16.5. The first-order valence-electron chi connectivity index (χ1n) is 8.31. The van der Waals surface area contributed by atoms with Crippen molar-refractivity contribution in [2.24, 2.45) is 0 Å². The molecule has 5 nitrogen and oxygen atoms in total. The molecule has 1 aliphatic heterocycles. The lowest BCUT2D eigenvalue weighted by Gasteiger charge is -2.51. The Bertz CT molecular complexity index is 675. The van der Waals surface area contributed by atoms with Crippen LogP contribution in [0.3, 0.4) is 0 Å². The molecular formula is C19H22N2O3. The minimum absolute atomic E-state index is 0.0749. The van der Waals surface area contributed by atoms with Gasteiger partial charge in [0.2, 0.25) is 5.91 Å². The summed E-state index contributed by atoms with van der Waals surface area (Å²) in [6.07, 6.45) is 5.74. The normalized spacial score (nSPS) is 25.8. The number of carbonyl (C=O) groups excluding carboxylic acids is 1. The minimum atomic E-state index is -0.554. The molecule has 1 heterocycles. The molecule has 1 aromatic carbocycles. The highest BCUT2D eigenvalue weighted by molar-refractivity contribution is 5.80. The number of likely N-dealkylation sites (tertiary alicyclic amines) is 1. The number of amides is 1. The fraction of sp³-hybridized carbons (Fsp3) is 0.474. The van der Waals surface area contributed by atoms with Crippen LogP contribution in [0.1, 0.15) is 36.3 Å². The molecule has 1 fully saturated rings. The summed E-state index contributed by atoms with van der Waals surface area (Å²) in [6.45, 7) is -0.236. The third-order valence-electron chi connectivity index (χ3n) is 4.99. The predicted octanol–water partition coefficient (Wildman–Crippen LogP) is 2.08. The molecule has 3 atom stereocenters. The summed E-state index contributed by atoms with van der Waals surface area (Å²) < 4.78 is 4.87. The van der Waals surface area contributed by atoms with E-state index in [0.717, 1.165) is 18.4 Å². The smallest absolute Gasteiger partial charge is 0.249 e. The van der Waals surface area contributed by atoms with E-state index in [4.69, 9.17) is 4.74 Å². The fourth-order valence-corrected chi connectivity index (χ4v) is 3.80. The summed E-state index contributed by atoms with van der Waals surface area (Å²) in [5, 5.41) is 19.2. The Morgan fingerprint density at radius 1 is 1.42 bits per heavy atom. The van der Waals surface area contributed by atoms with Gasteiger partial charge in [-0.3, -0.25) is 4.79 Å². The minimum Gasteiger partial charge on any atom is -0.394 e. The summed E-state index contributed by atoms with van der Waals surface area (Å²) in [7, 11) is 1.45. The number of ether oxygens (including phenoxy) is 1. The second kappa shape index (κ2) is 7.16. The van der Waals surface area contributed by atoms with Gasteiger partial charge in [0.05, 0.1) is 18.7 Å². The largest absolute Gasteiger partial charge is 0.394 e. The summed E-state index contributed by atoms with van der Waals surface area (Å²) in [6, 6.07) is 9.47. The number of carbonyl (C=O) groups is 1. The van der Waals surface area contributed by atoms with Gasteiger partial charge in [0.1, 0.15) is 12.6 Å². The highest BCUT2D eigenvalue weighted by Gasteiger charge is 2.51. The Kier molecular flexibility index (Phi) is 4.98. The van der Waals surface area contributed by atoms with Crippen LogP contribution in [0.5, 0.6) is 0 Å². The van der Waals surface area contributed by atoms with Crippen LogP contribution in [-0.2, 0) is 9.53 Å². The van der Waals surface area contributed by atoms with Crippen LogP contribution >= 0.6 is 0 Å². The number of hydrogen-bond acceptors (Lipinski definition) is 4. The van der Waals surface area contributed by atoms with E-state index >= 15 is 0 Å². The lowest BCUT2D eigenvalue weighted by Crippen LogP contribution is -2.65. The Hall–Kier alpha value is -2.16. The molecule has 126 valence electrons. The summed E-state index contributed by atoms with van der Waals surface area (Å²) in [5.41, 5.74) is 3.59. The fourth-order valence-electron chi connectivity index (χ4n) is 3.80. The van der Waals surface area contributed by atoms with Crippen molar-refractivity contribution in [1.29, 1.82) is 5.26 Å². The number of hydrogen-bond donors (Lipinski definition) is 1. The lowest BCUT2D eigenvalue weighted by atomic mass is 9.75. The van der Waals surface area contributed by atoms with E-state index in [1.54, 1.807) is 0 Å². The van der Waals surface area contributed by atoms with Crippen LogP contribution in [0.2, 0.25) is 0 Å². The van der Waals surface area contributed by atoms with E-state index in [1.165, 1.54) is 29.6 Å². The van der Waals surface area contributed by atoms with Gasteiger partial charge in [-0.05, 0) is 36.0 Å². The van der Waals surface area contributed by atoms with Gasteiger partial charge in [0.15, 0.2) is 0 Å². The number of allylic oxidation sites excluding steroid dienone is 2. The molecule has 1 aromatic rings. The van der Waals surface area contributed by atoms with Crippen molar-refractivity contribution in [2.75, 3.05) is 20.3 Å². The summed E-state index contributed by atoms with van der Waals surface area (Å²) in [5.74, 6) is -0.417. The SMILES string of the molecule is COCC(=O)N1[C@H](C#N)[C@H](c2ccc(C3=CCCC3)cc2)[C@H]1CO. The molecule has 1 amide bonds. The molecule has 0 aromatic heterocycles. The number of aliphatic hydroxyl groups is 1. The number of aliphatic hydroxyl groups excluding tert-OH is 1. The Morgan fingerprint density at radius 2 is 2.17 bits per heavy atom. The standard InChI is InChI=1S/C19H22N2O3/c1-24-12-18(23)21-16(10-20)19(17(21)11-22)15-8-6-14(7-9-15)13-4-2-3-5-13/h4,6-9,16-17,19,22H,2-3,5,11-12H2,1H3/t16-,17-,19+/m1/s1. The molecule has 24 heavy (non-hydrogen) atoms. The van der Waals surface area contributed by atoms with Gasteiger partial charge in [-0.1, -0.05) is 30.3 Å². The van der Waals surface area contributed by atoms with Crippen molar-refractivity contribution in [1.82, 2.24) is 4.90 Å². The molecule has 1 saturated heterocycles. The first-order chi connectivity index (χ1) is 11.7. The Morgan fingerprint density at radius 3 is 2.71 bits per heavy atom. The maximum Gasteiger partial charge on any atom is 0.249 e. The predicted molar refractivity (Wildman–Crippen MR) is 90.0 cm³/mol. The van der Waals surface area contributed by atoms with Crippen molar-refractivity contribution < 1.29 is 14.6 Å².